The number of hydrogen-bond acceptors (Lipinski definition) is 10. The Morgan fingerprint density at radius 2 is 0.875 bits per heavy atom. The van der Waals surface area contributed by atoms with Crippen molar-refractivity contribution in [3.63, 3.8) is 0 Å². The third-order valence-corrected chi connectivity index (χ3v) is 14.7. The van der Waals surface area contributed by atoms with Gasteiger partial charge in [0.05, 0.1) is 24.0 Å². The van der Waals surface area contributed by atoms with Gasteiger partial charge in [0.1, 0.15) is 23.0 Å². The molecular formula is C60H62F6N8O6. The molecule has 2 fully saturated rings. The van der Waals surface area contributed by atoms with Crippen LogP contribution in [-0.4, -0.2) is 109 Å². The maximum atomic E-state index is 14.0. The van der Waals surface area contributed by atoms with E-state index in [9.17, 15) is 45.5 Å². The van der Waals surface area contributed by atoms with Crippen molar-refractivity contribution in [2.75, 3.05) is 86.7 Å². The molecule has 0 radical (unpaired) electrons. The van der Waals surface area contributed by atoms with Crippen molar-refractivity contribution < 1.29 is 55.0 Å². The summed E-state index contributed by atoms with van der Waals surface area (Å²) in [6.45, 7) is 16.1. The summed E-state index contributed by atoms with van der Waals surface area (Å²) < 4.78 is 96.0. The summed E-state index contributed by atoms with van der Waals surface area (Å²) in [5, 5.41) is 10.9. The normalized spacial score (nSPS) is 16.0. The van der Waals surface area contributed by atoms with Crippen LogP contribution in [0.5, 0.6) is 23.0 Å². The molecule has 4 aliphatic heterocycles. The van der Waals surface area contributed by atoms with Crippen LogP contribution in [0.4, 0.5) is 49.1 Å². The molecule has 10 rings (SSSR count). The van der Waals surface area contributed by atoms with Crippen molar-refractivity contribution in [3.05, 3.63) is 165 Å². The standard InChI is InChI=1S/2C30H31F3N4O3/c2*1-3-36-10-12-37(13-11-36)18-21-6-5-20(15-25(21)30(31,32)33)29(39)34-23-7-4-19(2)27(17-23)40-24-8-9-26-22(14-24)16-28(38)35-26/h2*4-9,14-15,17H,3,10-13,16,18H2,1-2H3,(H,34,39)(H,35,38). The molecule has 0 aromatic heterocycles. The van der Waals surface area contributed by atoms with Gasteiger partial charge >= 0.3 is 12.4 Å². The Bertz CT molecular complexity index is 3080. The highest BCUT2D eigenvalue weighted by Gasteiger charge is 2.36. The number of aryl methyl sites for hydroxylation is 2. The largest absolute Gasteiger partial charge is 0.457 e. The third-order valence-electron chi connectivity index (χ3n) is 14.7. The number of hydrogen-bond donors (Lipinski definition) is 4. The first-order chi connectivity index (χ1) is 38.2. The minimum absolute atomic E-state index is 0.0780. The number of alkyl halides is 6. The van der Waals surface area contributed by atoms with E-state index in [2.05, 4.69) is 44.9 Å². The number of carbonyl (C=O) groups is 4. The zero-order valence-corrected chi connectivity index (χ0v) is 44.8. The molecule has 4 heterocycles. The minimum atomic E-state index is -4.59. The van der Waals surface area contributed by atoms with E-state index in [0.29, 0.717) is 60.6 Å². The fourth-order valence-electron chi connectivity index (χ4n) is 10.0. The number of carbonyl (C=O) groups excluding carboxylic acids is 4. The molecule has 20 heteroatoms. The number of benzene rings is 6. The molecular weight excluding hydrogens is 1040 g/mol. The van der Waals surface area contributed by atoms with Crippen molar-refractivity contribution in [3.8, 4) is 23.0 Å². The Kier molecular flexibility index (Phi) is 17.3. The number of fused-ring (bicyclic) bond motifs is 2. The van der Waals surface area contributed by atoms with E-state index in [4.69, 9.17) is 9.47 Å². The van der Waals surface area contributed by atoms with Crippen LogP contribution in [0, 0.1) is 13.8 Å². The molecule has 0 spiro atoms. The summed E-state index contributed by atoms with van der Waals surface area (Å²) in [4.78, 5) is 57.8. The summed E-state index contributed by atoms with van der Waals surface area (Å²) in [5.74, 6) is 0.561. The second-order valence-corrected chi connectivity index (χ2v) is 20.3. The minimum Gasteiger partial charge on any atom is -0.457 e. The van der Waals surface area contributed by atoms with E-state index in [1.54, 1.807) is 72.8 Å². The molecule has 0 bridgehead atoms. The zero-order chi connectivity index (χ0) is 56.9. The molecule has 2 saturated heterocycles. The molecule has 0 atom stereocenters. The van der Waals surface area contributed by atoms with Crippen LogP contribution in [0.2, 0.25) is 0 Å². The highest BCUT2D eigenvalue weighted by atomic mass is 19.4. The lowest BCUT2D eigenvalue weighted by atomic mass is 10.0. The Morgan fingerprint density at radius 3 is 1.24 bits per heavy atom. The predicted octanol–water partition coefficient (Wildman–Crippen LogP) is 11.4. The van der Waals surface area contributed by atoms with Crippen molar-refractivity contribution in [2.45, 2.75) is 66.0 Å². The molecule has 4 aliphatic rings. The number of nitrogens with one attached hydrogen (secondary N) is 4. The van der Waals surface area contributed by atoms with Crippen LogP contribution < -0.4 is 30.7 Å². The summed E-state index contributed by atoms with van der Waals surface area (Å²) in [6.07, 6.45) is -8.62. The van der Waals surface area contributed by atoms with E-state index in [-0.39, 0.29) is 60.0 Å². The SMILES string of the molecule is CCN1CCN(Cc2ccc(C(=O)Nc3ccc(C)c(Oc4ccc5c(c4)CC(=O)N5)c3)cc2C(F)(F)F)CC1.CCN1CCN(Cc2ccc(C(=O)Nc3ccc(C)c(Oc4ccc5c(c4)CC(=O)N5)c3)cc2C(F)(F)F)CC1. The first kappa shape index (κ1) is 56.9. The van der Waals surface area contributed by atoms with Gasteiger partial charge in [0.15, 0.2) is 0 Å². The second kappa shape index (κ2) is 24.3. The van der Waals surface area contributed by atoms with Crippen LogP contribution in [-0.2, 0) is 47.9 Å². The molecule has 4 N–H and O–H groups in total. The Balaban J connectivity index is 0.000000194. The van der Waals surface area contributed by atoms with E-state index >= 15 is 0 Å². The van der Waals surface area contributed by atoms with E-state index in [1.807, 2.05) is 23.6 Å². The molecule has 0 unspecified atom stereocenters. The van der Waals surface area contributed by atoms with Gasteiger partial charge in [0.2, 0.25) is 11.8 Å². The van der Waals surface area contributed by atoms with Gasteiger partial charge in [-0.1, -0.05) is 38.1 Å². The Morgan fingerprint density at radius 1 is 0.500 bits per heavy atom. The van der Waals surface area contributed by atoms with E-state index < -0.39 is 35.3 Å². The second-order valence-electron chi connectivity index (χ2n) is 20.3. The van der Waals surface area contributed by atoms with Gasteiger partial charge in [0.25, 0.3) is 11.8 Å². The fraction of sp³-hybridized carbons (Fsp3) is 0.333. The van der Waals surface area contributed by atoms with Crippen molar-refractivity contribution >= 4 is 46.4 Å². The van der Waals surface area contributed by atoms with Crippen molar-refractivity contribution in [1.82, 2.24) is 19.6 Å². The topological polar surface area (TPSA) is 148 Å². The van der Waals surface area contributed by atoms with Gasteiger partial charge in [-0.15, -0.1) is 0 Å². The van der Waals surface area contributed by atoms with Crippen LogP contribution in [0.3, 0.4) is 0 Å². The first-order valence-electron chi connectivity index (χ1n) is 26.5. The molecule has 14 nitrogen and oxygen atoms in total. The Hall–Kier alpha value is -7.78. The van der Waals surface area contributed by atoms with E-state index in [0.717, 1.165) is 85.0 Å². The first-order valence-corrected chi connectivity index (χ1v) is 26.5. The Labute approximate surface area is 460 Å². The lowest BCUT2D eigenvalue weighted by Gasteiger charge is -2.34. The van der Waals surface area contributed by atoms with Gasteiger partial charge in [-0.3, -0.25) is 29.0 Å². The number of halogens is 6. The van der Waals surface area contributed by atoms with Gasteiger partial charge in [0, 0.05) is 111 Å². The number of ether oxygens (including phenoxy) is 2. The molecule has 6 aromatic rings. The highest BCUT2D eigenvalue weighted by molar-refractivity contribution is 6.05. The van der Waals surface area contributed by atoms with Gasteiger partial charge < -0.3 is 40.5 Å². The number of amides is 4. The quantitative estimate of drug-likeness (QED) is 0.0777. The van der Waals surface area contributed by atoms with Crippen LogP contribution in [0.1, 0.15) is 79.1 Å². The molecule has 0 saturated carbocycles. The summed E-state index contributed by atoms with van der Waals surface area (Å²) in [6, 6.07) is 28.2. The smallest absolute Gasteiger partial charge is 0.416 e. The fourth-order valence-corrected chi connectivity index (χ4v) is 10.0. The number of rotatable bonds is 14. The molecule has 80 heavy (non-hydrogen) atoms. The molecule has 6 aromatic carbocycles. The average Bonchev–Trinajstić information content (AvgIpc) is 4.03. The van der Waals surface area contributed by atoms with Crippen LogP contribution in [0.25, 0.3) is 0 Å². The predicted molar refractivity (Wildman–Crippen MR) is 294 cm³/mol. The highest BCUT2D eigenvalue weighted by Crippen LogP contribution is 2.38. The summed E-state index contributed by atoms with van der Waals surface area (Å²) in [7, 11) is 0. The van der Waals surface area contributed by atoms with E-state index in [1.165, 1.54) is 24.3 Å². The molecule has 4 amide bonds. The maximum absolute atomic E-state index is 14.0. The average molecular weight is 1110 g/mol. The number of anilines is 4. The molecule has 0 aliphatic carbocycles. The monoisotopic (exact) mass is 1100 g/mol. The van der Waals surface area contributed by atoms with Crippen molar-refractivity contribution in [1.29, 1.82) is 0 Å². The lowest BCUT2D eigenvalue weighted by Crippen LogP contribution is -2.45. The van der Waals surface area contributed by atoms with Gasteiger partial charge in [-0.2, -0.15) is 26.3 Å². The summed E-state index contributed by atoms with van der Waals surface area (Å²) >= 11 is 0. The number of nitrogens with zero attached hydrogens (tertiary/aromatic N) is 4. The zero-order valence-electron chi connectivity index (χ0n) is 44.8. The molecule has 420 valence electrons. The van der Waals surface area contributed by atoms with Gasteiger partial charge in [-0.25, -0.2) is 0 Å². The number of likely N-dealkylation sites (N-methyl/N-ethyl adjacent to an activating group) is 2. The van der Waals surface area contributed by atoms with Crippen molar-refractivity contribution in [2.24, 2.45) is 0 Å². The van der Waals surface area contributed by atoms with Crippen LogP contribution >= 0.6 is 0 Å². The number of piperazine rings is 2. The van der Waals surface area contributed by atoms with Crippen LogP contribution in [0.15, 0.2) is 109 Å². The lowest BCUT2D eigenvalue weighted by molar-refractivity contribution is -0.139. The van der Waals surface area contributed by atoms with Gasteiger partial charge in [-0.05, 0) is 133 Å². The summed E-state index contributed by atoms with van der Waals surface area (Å²) in [5.41, 5.74) is 4.10. The maximum Gasteiger partial charge on any atom is 0.416 e. The third kappa shape index (κ3) is 14.1.